The lowest BCUT2D eigenvalue weighted by Gasteiger charge is -2.28. The summed E-state index contributed by atoms with van der Waals surface area (Å²) < 4.78 is 11.8. The third kappa shape index (κ3) is 5.37. The van der Waals surface area contributed by atoms with Gasteiger partial charge in [0.15, 0.2) is 0 Å². The van der Waals surface area contributed by atoms with Gasteiger partial charge in [-0.25, -0.2) is 0 Å². The van der Waals surface area contributed by atoms with Crippen molar-refractivity contribution in [2.75, 3.05) is 24.7 Å². The first-order valence-corrected chi connectivity index (χ1v) is 11.6. The maximum absolute atomic E-state index is 5.77. The molecule has 1 heterocycles. The molecule has 0 unspecified atom stereocenters. The number of hydrogen-bond donors (Lipinski definition) is 0. The van der Waals surface area contributed by atoms with Crippen LogP contribution >= 0.6 is 23.5 Å². The number of ether oxygens (including phenoxy) is 2. The van der Waals surface area contributed by atoms with Gasteiger partial charge in [0.05, 0.1) is 17.8 Å². The molecule has 1 fully saturated rings. The average molecular weight is 389 g/mol. The quantitative estimate of drug-likeness (QED) is 0.479. The molecule has 0 saturated carbocycles. The molecule has 0 bridgehead atoms. The molecule has 1 aliphatic rings. The molecule has 2 nitrogen and oxygen atoms in total. The fourth-order valence-electron chi connectivity index (χ4n) is 2.95. The topological polar surface area (TPSA) is 18.5 Å². The Kier molecular flexibility index (Phi) is 7.63. The lowest BCUT2D eigenvalue weighted by Crippen LogP contribution is -2.12. The summed E-state index contributed by atoms with van der Waals surface area (Å²) in [5.41, 5.74) is 2.82. The SMILES string of the molecule is CCCCOc1ccc(C2SCC(c3ccc(OCC)cc3)CS2)cc1. The Morgan fingerprint density at radius 3 is 1.96 bits per heavy atom. The number of hydrogen-bond acceptors (Lipinski definition) is 4. The third-order valence-corrected chi connectivity index (χ3v) is 7.63. The summed E-state index contributed by atoms with van der Waals surface area (Å²) in [5.74, 6) is 4.90. The molecule has 0 aliphatic carbocycles. The van der Waals surface area contributed by atoms with E-state index in [-0.39, 0.29) is 0 Å². The van der Waals surface area contributed by atoms with E-state index < -0.39 is 0 Å². The summed E-state index contributed by atoms with van der Waals surface area (Å²) >= 11 is 4.10. The second-order valence-corrected chi connectivity index (χ2v) is 9.04. The van der Waals surface area contributed by atoms with E-state index in [0.717, 1.165) is 31.1 Å². The highest BCUT2D eigenvalue weighted by Gasteiger charge is 2.24. The molecule has 1 saturated heterocycles. The minimum absolute atomic E-state index is 0.527. The van der Waals surface area contributed by atoms with Gasteiger partial charge < -0.3 is 9.47 Å². The van der Waals surface area contributed by atoms with Gasteiger partial charge in [-0.1, -0.05) is 37.6 Å². The smallest absolute Gasteiger partial charge is 0.119 e. The van der Waals surface area contributed by atoms with E-state index in [0.29, 0.717) is 10.5 Å². The molecule has 0 amide bonds. The monoisotopic (exact) mass is 388 g/mol. The molecule has 0 radical (unpaired) electrons. The molecule has 0 N–H and O–H groups in total. The lowest BCUT2D eigenvalue weighted by molar-refractivity contribution is 0.309. The molecule has 2 aromatic carbocycles. The summed E-state index contributed by atoms with van der Waals surface area (Å²) in [6, 6.07) is 17.3. The third-order valence-electron chi connectivity index (χ3n) is 4.48. The summed E-state index contributed by atoms with van der Waals surface area (Å²) in [4.78, 5) is 0. The molecule has 0 atom stereocenters. The van der Waals surface area contributed by atoms with Crippen molar-refractivity contribution < 1.29 is 9.47 Å². The van der Waals surface area contributed by atoms with E-state index in [4.69, 9.17) is 9.47 Å². The van der Waals surface area contributed by atoms with E-state index in [1.807, 2.05) is 6.92 Å². The first-order valence-electron chi connectivity index (χ1n) is 9.49. The minimum atomic E-state index is 0.527. The fourth-order valence-corrected chi connectivity index (χ4v) is 6.09. The summed E-state index contributed by atoms with van der Waals surface area (Å²) in [6.07, 6.45) is 2.28. The van der Waals surface area contributed by atoms with Gasteiger partial charge in [-0.15, -0.1) is 23.5 Å². The van der Waals surface area contributed by atoms with Crippen molar-refractivity contribution in [3.05, 3.63) is 59.7 Å². The van der Waals surface area contributed by atoms with Crippen LogP contribution in [0.4, 0.5) is 0 Å². The first kappa shape index (κ1) is 19.5. The largest absolute Gasteiger partial charge is 0.494 e. The highest BCUT2D eigenvalue weighted by atomic mass is 32.2. The predicted octanol–water partition coefficient (Wildman–Crippen LogP) is 6.53. The van der Waals surface area contributed by atoms with Gasteiger partial charge in [0.1, 0.15) is 11.5 Å². The van der Waals surface area contributed by atoms with Crippen molar-refractivity contribution in [2.45, 2.75) is 37.2 Å². The molecule has 2 aromatic rings. The van der Waals surface area contributed by atoms with Crippen LogP contribution in [0.3, 0.4) is 0 Å². The number of thioether (sulfide) groups is 2. The highest BCUT2D eigenvalue weighted by Crippen LogP contribution is 2.48. The van der Waals surface area contributed by atoms with Crippen molar-refractivity contribution in [3.8, 4) is 11.5 Å². The molecule has 140 valence electrons. The Balaban J connectivity index is 1.51. The number of unbranched alkanes of at least 4 members (excludes halogenated alkanes) is 1. The summed E-state index contributed by atoms with van der Waals surface area (Å²) in [7, 11) is 0. The Morgan fingerprint density at radius 1 is 0.808 bits per heavy atom. The normalized spacial score (nSPS) is 19.9. The minimum Gasteiger partial charge on any atom is -0.494 e. The van der Waals surface area contributed by atoms with Gasteiger partial charge >= 0.3 is 0 Å². The van der Waals surface area contributed by atoms with Crippen LogP contribution in [0.2, 0.25) is 0 Å². The van der Waals surface area contributed by atoms with Crippen LogP contribution < -0.4 is 9.47 Å². The number of benzene rings is 2. The van der Waals surface area contributed by atoms with Gasteiger partial charge in [0.2, 0.25) is 0 Å². The second-order valence-electron chi connectivity index (χ2n) is 6.47. The van der Waals surface area contributed by atoms with Gasteiger partial charge in [0.25, 0.3) is 0 Å². The van der Waals surface area contributed by atoms with Gasteiger partial charge in [-0.3, -0.25) is 0 Å². The van der Waals surface area contributed by atoms with Gasteiger partial charge in [0, 0.05) is 17.4 Å². The molecule has 26 heavy (non-hydrogen) atoms. The zero-order chi connectivity index (χ0) is 18.2. The van der Waals surface area contributed by atoms with E-state index in [1.165, 1.54) is 29.1 Å². The van der Waals surface area contributed by atoms with E-state index >= 15 is 0 Å². The maximum Gasteiger partial charge on any atom is 0.119 e. The Hall–Kier alpha value is -1.26. The molecule has 0 aromatic heterocycles. The zero-order valence-corrected chi connectivity index (χ0v) is 17.3. The Bertz CT molecular complexity index is 647. The fraction of sp³-hybridized carbons (Fsp3) is 0.455. The molecule has 0 spiro atoms. The second kappa shape index (κ2) is 10.2. The summed E-state index contributed by atoms with van der Waals surface area (Å²) in [6.45, 7) is 5.74. The van der Waals surface area contributed by atoms with Crippen LogP contribution in [0.25, 0.3) is 0 Å². The van der Waals surface area contributed by atoms with Crippen LogP contribution in [-0.4, -0.2) is 24.7 Å². The van der Waals surface area contributed by atoms with Crippen molar-refractivity contribution >= 4 is 23.5 Å². The van der Waals surface area contributed by atoms with Crippen LogP contribution in [-0.2, 0) is 0 Å². The maximum atomic E-state index is 5.77. The van der Waals surface area contributed by atoms with Crippen molar-refractivity contribution in [1.29, 1.82) is 0 Å². The van der Waals surface area contributed by atoms with Gasteiger partial charge in [-0.05, 0) is 48.7 Å². The molecular weight excluding hydrogens is 360 g/mol. The van der Waals surface area contributed by atoms with E-state index in [2.05, 4.69) is 79.0 Å². The summed E-state index contributed by atoms with van der Waals surface area (Å²) in [5, 5.41) is 0. The van der Waals surface area contributed by atoms with Crippen molar-refractivity contribution in [3.63, 3.8) is 0 Å². The van der Waals surface area contributed by atoms with Crippen LogP contribution in [0.1, 0.15) is 48.3 Å². The first-order chi connectivity index (χ1) is 12.8. The molecule has 3 rings (SSSR count). The number of rotatable bonds is 8. The lowest BCUT2D eigenvalue weighted by atomic mass is 10.0. The van der Waals surface area contributed by atoms with Gasteiger partial charge in [-0.2, -0.15) is 0 Å². The molecule has 1 aliphatic heterocycles. The average Bonchev–Trinajstić information content (AvgIpc) is 2.70. The molecular formula is C22H28O2S2. The van der Waals surface area contributed by atoms with E-state index in [1.54, 1.807) is 0 Å². The van der Waals surface area contributed by atoms with Crippen molar-refractivity contribution in [1.82, 2.24) is 0 Å². The predicted molar refractivity (Wildman–Crippen MR) is 115 cm³/mol. The zero-order valence-electron chi connectivity index (χ0n) is 15.6. The van der Waals surface area contributed by atoms with Crippen LogP contribution in [0.5, 0.6) is 11.5 Å². The van der Waals surface area contributed by atoms with Crippen molar-refractivity contribution in [2.24, 2.45) is 0 Å². The Labute approximate surface area is 166 Å². The van der Waals surface area contributed by atoms with E-state index in [9.17, 15) is 0 Å². The van der Waals surface area contributed by atoms with Crippen LogP contribution in [0, 0.1) is 0 Å². The highest BCUT2D eigenvalue weighted by molar-refractivity contribution is 8.17. The van der Waals surface area contributed by atoms with Crippen LogP contribution in [0.15, 0.2) is 48.5 Å². The molecule has 4 heteroatoms. The Morgan fingerprint density at radius 2 is 1.38 bits per heavy atom. The standard InChI is InChI=1S/C22H28O2S2/c1-3-5-14-24-21-12-8-18(9-13-21)22-25-15-19(16-26-22)17-6-10-20(11-7-17)23-4-2/h6-13,19,22H,3-5,14-16H2,1-2H3.